The van der Waals surface area contributed by atoms with E-state index in [9.17, 15) is 4.79 Å². The molecule has 138 valence electrons. The van der Waals surface area contributed by atoms with Crippen molar-refractivity contribution in [3.63, 3.8) is 0 Å². The number of benzene rings is 2. The highest BCUT2D eigenvalue weighted by Crippen LogP contribution is 2.36. The van der Waals surface area contributed by atoms with Crippen molar-refractivity contribution in [2.45, 2.75) is 45.6 Å². The number of amides is 1. The van der Waals surface area contributed by atoms with Crippen LogP contribution in [-0.2, 0) is 6.42 Å². The summed E-state index contributed by atoms with van der Waals surface area (Å²) in [7, 11) is 0. The number of rotatable bonds is 4. The Kier molecular flexibility index (Phi) is 5.72. The molecule has 0 aliphatic carbocycles. The fourth-order valence-electron chi connectivity index (χ4n) is 3.46. The van der Waals surface area contributed by atoms with Crippen LogP contribution >= 0.6 is 11.6 Å². The van der Waals surface area contributed by atoms with Gasteiger partial charge in [0.25, 0.3) is 5.91 Å². The Morgan fingerprint density at radius 3 is 2.65 bits per heavy atom. The Hall–Kier alpha value is -2.20. The van der Waals surface area contributed by atoms with Gasteiger partial charge in [-0.05, 0) is 62.4 Å². The molecule has 5 heteroatoms. The van der Waals surface area contributed by atoms with Gasteiger partial charge in [-0.1, -0.05) is 30.7 Å². The zero-order chi connectivity index (χ0) is 18.7. The first-order valence-corrected chi connectivity index (χ1v) is 9.63. The molecule has 2 aromatic carbocycles. The maximum atomic E-state index is 12.6. The molecule has 1 aliphatic heterocycles. The van der Waals surface area contributed by atoms with Gasteiger partial charge in [-0.3, -0.25) is 4.79 Å². The number of anilines is 3. The molecule has 1 unspecified atom stereocenters. The molecule has 0 saturated carbocycles. The Morgan fingerprint density at radius 2 is 2.00 bits per heavy atom. The number of aryl methyl sites for hydroxylation is 1. The van der Waals surface area contributed by atoms with E-state index in [1.165, 1.54) is 12.0 Å². The molecule has 0 radical (unpaired) electrons. The fourth-order valence-corrected chi connectivity index (χ4v) is 3.68. The third-order valence-electron chi connectivity index (χ3n) is 5.10. The number of piperidine rings is 1. The minimum atomic E-state index is -0.169. The number of nitrogens with two attached hydrogens (primary N) is 1. The van der Waals surface area contributed by atoms with Crippen LogP contribution in [0.1, 0.15) is 49.0 Å². The van der Waals surface area contributed by atoms with Crippen LogP contribution in [0.25, 0.3) is 0 Å². The molecule has 1 heterocycles. The summed E-state index contributed by atoms with van der Waals surface area (Å²) < 4.78 is 0. The van der Waals surface area contributed by atoms with Crippen molar-refractivity contribution in [1.29, 1.82) is 0 Å². The lowest BCUT2D eigenvalue weighted by molar-refractivity contribution is 0.102. The van der Waals surface area contributed by atoms with Crippen LogP contribution in [0.2, 0.25) is 5.02 Å². The van der Waals surface area contributed by atoms with E-state index in [4.69, 9.17) is 17.3 Å². The van der Waals surface area contributed by atoms with E-state index in [1.54, 1.807) is 6.07 Å². The number of hydrogen-bond acceptors (Lipinski definition) is 3. The summed E-state index contributed by atoms with van der Waals surface area (Å²) >= 11 is 6.34. The van der Waals surface area contributed by atoms with Gasteiger partial charge in [0.2, 0.25) is 0 Å². The summed E-state index contributed by atoms with van der Waals surface area (Å²) in [5.41, 5.74) is 10.2. The van der Waals surface area contributed by atoms with Crippen LogP contribution in [0.5, 0.6) is 0 Å². The average molecular weight is 372 g/mol. The highest BCUT2D eigenvalue weighted by atomic mass is 35.5. The van der Waals surface area contributed by atoms with Gasteiger partial charge in [-0.15, -0.1) is 0 Å². The lowest BCUT2D eigenvalue weighted by atomic mass is 10.0. The SMILES string of the molecule is CCc1ccc(C(=O)Nc2cc(N3CCCCC3C)c(N)cc2Cl)cc1. The van der Waals surface area contributed by atoms with Crippen LogP contribution in [-0.4, -0.2) is 18.5 Å². The van der Waals surface area contributed by atoms with E-state index in [0.29, 0.717) is 28.0 Å². The highest BCUT2D eigenvalue weighted by molar-refractivity contribution is 6.34. The van der Waals surface area contributed by atoms with Crippen LogP contribution in [0, 0.1) is 0 Å². The number of carbonyl (C=O) groups is 1. The fraction of sp³-hybridized carbons (Fsp3) is 0.381. The highest BCUT2D eigenvalue weighted by Gasteiger charge is 2.22. The first-order valence-electron chi connectivity index (χ1n) is 9.25. The largest absolute Gasteiger partial charge is 0.397 e. The van der Waals surface area contributed by atoms with E-state index >= 15 is 0 Å². The monoisotopic (exact) mass is 371 g/mol. The molecule has 0 aromatic heterocycles. The quantitative estimate of drug-likeness (QED) is 0.733. The van der Waals surface area contributed by atoms with Crippen LogP contribution in [0.3, 0.4) is 0 Å². The first kappa shape index (κ1) is 18.6. The summed E-state index contributed by atoms with van der Waals surface area (Å²) in [5.74, 6) is -0.169. The van der Waals surface area contributed by atoms with Crippen LogP contribution in [0.15, 0.2) is 36.4 Å². The van der Waals surface area contributed by atoms with Crippen molar-refractivity contribution < 1.29 is 4.79 Å². The van der Waals surface area contributed by atoms with E-state index < -0.39 is 0 Å². The van der Waals surface area contributed by atoms with Crippen molar-refractivity contribution in [3.05, 3.63) is 52.5 Å². The third kappa shape index (κ3) is 3.96. The minimum Gasteiger partial charge on any atom is -0.397 e. The molecule has 1 fully saturated rings. The van der Waals surface area contributed by atoms with Gasteiger partial charge in [-0.25, -0.2) is 0 Å². The predicted octanol–water partition coefficient (Wildman–Crippen LogP) is 5.12. The lowest BCUT2D eigenvalue weighted by Gasteiger charge is -2.36. The maximum absolute atomic E-state index is 12.6. The molecule has 4 nitrogen and oxygen atoms in total. The Balaban J connectivity index is 1.84. The Morgan fingerprint density at radius 1 is 1.27 bits per heavy atom. The summed E-state index contributed by atoms with van der Waals surface area (Å²) in [4.78, 5) is 14.9. The lowest BCUT2D eigenvalue weighted by Crippen LogP contribution is -2.37. The first-order chi connectivity index (χ1) is 12.5. The van der Waals surface area contributed by atoms with Gasteiger partial charge < -0.3 is 16.0 Å². The van der Waals surface area contributed by atoms with E-state index in [-0.39, 0.29) is 5.91 Å². The van der Waals surface area contributed by atoms with Gasteiger partial charge in [0.05, 0.1) is 22.1 Å². The normalized spacial score (nSPS) is 17.2. The molecule has 0 spiro atoms. The van der Waals surface area contributed by atoms with Gasteiger partial charge >= 0.3 is 0 Å². The van der Waals surface area contributed by atoms with Crippen LogP contribution in [0.4, 0.5) is 17.1 Å². The summed E-state index contributed by atoms with van der Waals surface area (Å²) in [5, 5.41) is 3.39. The average Bonchev–Trinajstić information content (AvgIpc) is 2.64. The number of nitrogens with one attached hydrogen (secondary N) is 1. The summed E-state index contributed by atoms with van der Waals surface area (Å²) in [6.07, 6.45) is 4.48. The van der Waals surface area contributed by atoms with E-state index in [2.05, 4.69) is 24.1 Å². The molecule has 1 saturated heterocycles. The third-order valence-corrected chi connectivity index (χ3v) is 5.41. The molecule has 3 N–H and O–H groups in total. The molecule has 0 bridgehead atoms. The van der Waals surface area contributed by atoms with Crippen molar-refractivity contribution in [1.82, 2.24) is 0 Å². The minimum absolute atomic E-state index is 0.169. The number of halogens is 1. The van der Waals surface area contributed by atoms with E-state index in [0.717, 1.165) is 31.5 Å². The topological polar surface area (TPSA) is 58.4 Å². The number of nitrogens with zero attached hydrogens (tertiary/aromatic N) is 1. The molecule has 3 rings (SSSR count). The molecule has 1 atom stereocenters. The maximum Gasteiger partial charge on any atom is 0.255 e. The molecular weight excluding hydrogens is 346 g/mol. The van der Waals surface area contributed by atoms with Gasteiger partial charge in [-0.2, -0.15) is 0 Å². The predicted molar refractivity (Wildman–Crippen MR) is 110 cm³/mol. The smallest absolute Gasteiger partial charge is 0.255 e. The molecule has 1 amide bonds. The standard InChI is InChI=1S/C21H26ClN3O/c1-3-15-7-9-16(10-8-15)21(26)24-19-13-20(18(23)12-17(19)22)25-11-5-4-6-14(25)2/h7-10,12-14H,3-6,11,23H2,1-2H3,(H,24,26). The van der Waals surface area contributed by atoms with Gasteiger partial charge in [0, 0.05) is 18.2 Å². The Labute approximate surface area is 160 Å². The number of hydrogen-bond donors (Lipinski definition) is 2. The van der Waals surface area contributed by atoms with Crippen molar-refractivity contribution in [2.24, 2.45) is 0 Å². The molecular formula is C21H26ClN3O. The van der Waals surface area contributed by atoms with Crippen molar-refractivity contribution in [3.8, 4) is 0 Å². The number of carbonyl (C=O) groups excluding carboxylic acids is 1. The van der Waals surface area contributed by atoms with Gasteiger partial charge in [0.15, 0.2) is 0 Å². The molecule has 26 heavy (non-hydrogen) atoms. The Bertz CT molecular complexity index is 789. The number of nitrogen functional groups attached to an aromatic ring is 1. The summed E-state index contributed by atoms with van der Waals surface area (Å²) in [6, 6.07) is 11.7. The van der Waals surface area contributed by atoms with E-state index in [1.807, 2.05) is 30.3 Å². The molecule has 2 aromatic rings. The second-order valence-corrected chi connectivity index (χ2v) is 7.34. The van der Waals surface area contributed by atoms with Crippen molar-refractivity contribution >= 4 is 34.6 Å². The summed E-state index contributed by atoms with van der Waals surface area (Å²) in [6.45, 7) is 5.27. The van der Waals surface area contributed by atoms with Crippen LogP contribution < -0.4 is 16.0 Å². The zero-order valence-corrected chi connectivity index (χ0v) is 16.1. The van der Waals surface area contributed by atoms with Gasteiger partial charge in [0.1, 0.15) is 0 Å². The molecule has 1 aliphatic rings. The second kappa shape index (κ2) is 8.00. The zero-order valence-electron chi connectivity index (χ0n) is 15.4. The second-order valence-electron chi connectivity index (χ2n) is 6.93. The van der Waals surface area contributed by atoms with Crippen molar-refractivity contribution in [2.75, 3.05) is 22.5 Å².